The second-order valence-electron chi connectivity index (χ2n) is 11.1. The van der Waals surface area contributed by atoms with E-state index in [1.165, 1.54) is 24.2 Å². The molecule has 1 aliphatic carbocycles. The normalized spacial score (nSPS) is 20.0. The number of fused-ring (bicyclic) bond motifs is 4. The lowest BCUT2D eigenvalue weighted by molar-refractivity contribution is -0.117. The van der Waals surface area contributed by atoms with Crippen molar-refractivity contribution in [3.8, 4) is 5.69 Å². The Morgan fingerprint density at radius 1 is 1.22 bits per heavy atom. The van der Waals surface area contributed by atoms with E-state index in [1.807, 2.05) is 13.0 Å². The number of esters is 1. The zero-order chi connectivity index (χ0) is 32.7. The highest BCUT2D eigenvalue weighted by atomic mass is 35.5. The molecule has 1 aromatic carbocycles. The van der Waals surface area contributed by atoms with Gasteiger partial charge in [0.2, 0.25) is 5.91 Å². The first-order valence-electron chi connectivity index (χ1n) is 15.0. The molecule has 2 aromatic heterocycles. The summed E-state index contributed by atoms with van der Waals surface area (Å²) in [7, 11) is 1.31. The van der Waals surface area contributed by atoms with Gasteiger partial charge in [-0.25, -0.2) is 14.6 Å². The van der Waals surface area contributed by atoms with Crippen LogP contribution in [0.3, 0.4) is 0 Å². The quantitative estimate of drug-likeness (QED) is 0.216. The molecule has 1 unspecified atom stereocenters. The second-order valence-corrected chi connectivity index (χ2v) is 11.5. The zero-order valence-corrected chi connectivity index (χ0v) is 26.6. The molecular weight excluding hydrogens is 614 g/mol. The SMILES string of the molecule is CCOC(=O)c1[nH]c2nc1C1=CC=C(NC(=O)OC)CC1(C)NCCCCC[C@@H]2NC(=O)/C=C/c1cc(Cl)ccc1-n1cnnn1. The van der Waals surface area contributed by atoms with Crippen LogP contribution in [0.15, 0.2) is 48.5 Å². The van der Waals surface area contributed by atoms with Gasteiger partial charge in [0.05, 0.1) is 25.4 Å². The monoisotopic (exact) mass is 649 g/mol. The van der Waals surface area contributed by atoms with Gasteiger partial charge in [-0.3, -0.25) is 10.1 Å². The summed E-state index contributed by atoms with van der Waals surface area (Å²) in [5, 5.41) is 21.2. The van der Waals surface area contributed by atoms with Crippen molar-refractivity contribution in [2.75, 3.05) is 20.3 Å². The van der Waals surface area contributed by atoms with Gasteiger partial charge in [0.1, 0.15) is 17.8 Å². The van der Waals surface area contributed by atoms with Crippen LogP contribution in [0.25, 0.3) is 17.3 Å². The maximum absolute atomic E-state index is 13.3. The first-order chi connectivity index (χ1) is 22.2. The summed E-state index contributed by atoms with van der Waals surface area (Å²) in [6.45, 7) is 4.60. The van der Waals surface area contributed by atoms with E-state index in [-0.39, 0.29) is 18.2 Å². The maximum Gasteiger partial charge on any atom is 0.411 e. The van der Waals surface area contributed by atoms with Crippen molar-refractivity contribution in [2.45, 2.75) is 57.5 Å². The number of hydrogen-bond acceptors (Lipinski definition) is 10. The number of halogens is 1. The van der Waals surface area contributed by atoms with Gasteiger partial charge in [0, 0.05) is 39.9 Å². The minimum absolute atomic E-state index is 0.176. The van der Waals surface area contributed by atoms with E-state index in [0.717, 1.165) is 24.8 Å². The van der Waals surface area contributed by atoms with Crippen molar-refractivity contribution in [3.05, 3.63) is 76.2 Å². The number of imidazole rings is 1. The van der Waals surface area contributed by atoms with E-state index in [9.17, 15) is 14.4 Å². The summed E-state index contributed by atoms with van der Waals surface area (Å²) in [4.78, 5) is 46.6. The van der Waals surface area contributed by atoms with Crippen molar-refractivity contribution in [2.24, 2.45) is 0 Å². The number of tetrazole rings is 1. The molecule has 14 nitrogen and oxygen atoms in total. The molecule has 0 saturated carbocycles. The number of benzene rings is 1. The Hall–Kier alpha value is -4.82. The summed E-state index contributed by atoms with van der Waals surface area (Å²) in [5.74, 6) is -0.485. The van der Waals surface area contributed by atoms with Crippen molar-refractivity contribution in [3.63, 3.8) is 0 Å². The topological polar surface area (TPSA) is 178 Å². The number of aromatic amines is 1. The molecule has 0 saturated heterocycles. The number of amides is 2. The summed E-state index contributed by atoms with van der Waals surface area (Å²) in [6.07, 6.45) is 11.1. The third-order valence-corrected chi connectivity index (χ3v) is 8.06. The average molecular weight is 650 g/mol. The van der Waals surface area contributed by atoms with E-state index in [1.54, 1.807) is 37.3 Å². The molecule has 0 spiro atoms. The summed E-state index contributed by atoms with van der Waals surface area (Å²) < 4.78 is 11.7. The Balaban J connectivity index is 1.48. The van der Waals surface area contributed by atoms with Crippen molar-refractivity contribution in [1.82, 2.24) is 46.1 Å². The van der Waals surface area contributed by atoms with Crippen LogP contribution in [-0.2, 0) is 14.3 Å². The fourth-order valence-corrected chi connectivity index (χ4v) is 5.77. The summed E-state index contributed by atoms with van der Waals surface area (Å²) >= 11 is 6.24. The van der Waals surface area contributed by atoms with Gasteiger partial charge in [0.25, 0.3) is 0 Å². The fraction of sp³-hybridized carbons (Fsp3) is 0.387. The molecule has 4 N–H and O–H groups in total. The van der Waals surface area contributed by atoms with E-state index in [2.05, 4.69) is 36.5 Å². The van der Waals surface area contributed by atoms with Gasteiger partial charge >= 0.3 is 12.1 Å². The first-order valence-corrected chi connectivity index (χ1v) is 15.4. The lowest BCUT2D eigenvalue weighted by atomic mass is 9.80. The number of nitrogens with one attached hydrogen (secondary N) is 4. The van der Waals surface area contributed by atoms with Gasteiger partial charge in [-0.05, 0) is 74.0 Å². The third-order valence-electron chi connectivity index (χ3n) is 7.83. The number of carbonyl (C=O) groups excluding carboxylic acids is 3. The number of rotatable bonds is 7. The van der Waals surface area contributed by atoms with Gasteiger partial charge in [0.15, 0.2) is 5.69 Å². The van der Waals surface area contributed by atoms with Crippen LogP contribution in [0.1, 0.15) is 79.6 Å². The summed E-state index contributed by atoms with van der Waals surface area (Å²) in [5.41, 5.74) is 2.61. The minimum atomic E-state index is -0.687. The van der Waals surface area contributed by atoms with Crippen LogP contribution in [0.2, 0.25) is 5.02 Å². The van der Waals surface area contributed by atoms with Crippen LogP contribution in [0, 0.1) is 0 Å². The molecule has 15 heteroatoms. The Morgan fingerprint density at radius 3 is 2.83 bits per heavy atom. The highest BCUT2D eigenvalue weighted by Crippen LogP contribution is 2.37. The molecule has 5 rings (SSSR count). The number of carbonyl (C=O) groups is 3. The Labute approximate surface area is 270 Å². The Morgan fingerprint density at radius 2 is 2.07 bits per heavy atom. The van der Waals surface area contributed by atoms with Crippen molar-refractivity contribution in [1.29, 1.82) is 0 Å². The van der Waals surface area contributed by atoms with Crippen LogP contribution in [0.4, 0.5) is 4.79 Å². The molecule has 2 atom stereocenters. The van der Waals surface area contributed by atoms with E-state index in [4.69, 9.17) is 26.1 Å². The number of allylic oxidation sites excluding steroid dienone is 2. The van der Waals surface area contributed by atoms with Crippen LogP contribution in [0.5, 0.6) is 0 Å². The predicted octanol–water partition coefficient (Wildman–Crippen LogP) is 4.04. The highest BCUT2D eigenvalue weighted by Gasteiger charge is 2.38. The number of ether oxygens (including phenoxy) is 2. The molecule has 3 heterocycles. The van der Waals surface area contributed by atoms with E-state index < -0.39 is 23.6 Å². The molecular formula is C31H36ClN9O5. The number of hydrogen-bond donors (Lipinski definition) is 4. The average Bonchev–Trinajstić information content (AvgIpc) is 3.72. The van der Waals surface area contributed by atoms with Gasteiger partial charge in [-0.2, -0.15) is 4.68 Å². The second kappa shape index (κ2) is 14.5. The number of methoxy groups -OCH3 is 1. The minimum Gasteiger partial charge on any atom is -0.461 e. The predicted molar refractivity (Wildman–Crippen MR) is 170 cm³/mol. The molecule has 2 bridgehead atoms. The van der Waals surface area contributed by atoms with Crippen LogP contribution < -0.4 is 16.0 Å². The van der Waals surface area contributed by atoms with Crippen LogP contribution >= 0.6 is 11.6 Å². The molecule has 2 amide bonds. The number of alkyl carbamates (subject to hydrolysis) is 1. The fourth-order valence-electron chi connectivity index (χ4n) is 5.59. The Bertz CT molecular complexity index is 1680. The van der Waals surface area contributed by atoms with Crippen LogP contribution in [-0.4, -0.2) is 73.9 Å². The smallest absolute Gasteiger partial charge is 0.411 e. The van der Waals surface area contributed by atoms with Crippen molar-refractivity contribution >= 4 is 41.2 Å². The van der Waals surface area contributed by atoms with Gasteiger partial charge in [-0.15, -0.1) is 5.10 Å². The summed E-state index contributed by atoms with van der Waals surface area (Å²) in [6, 6.07) is 4.67. The first kappa shape index (κ1) is 32.6. The molecule has 3 aromatic rings. The number of aromatic nitrogens is 6. The standard InChI is InChI=1S/C31H36ClN9O5/c1-4-46-29(43)27-26-22-12-11-21(35-30(44)45-3)17-31(22,2)33-15-7-5-6-8-23(28(37-26)38-27)36-25(42)14-9-19-16-20(32)10-13-24(19)41-18-34-39-40-41/h9-14,16,18,23,33H,4-8,15,17H2,1-3H3,(H,35,44)(H,36,42)(H,37,38)/b14-9+/t23-,31?/m0/s1. The van der Waals surface area contributed by atoms with Gasteiger partial charge in [-0.1, -0.05) is 30.5 Å². The molecule has 2 aliphatic rings. The van der Waals surface area contributed by atoms with E-state index >= 15 is 0 Å². The van der Waals surface area contributed by atoms with Crippen molar-refractivity contribution < 1.29 is 23.9 Å². The molecule has 0 fully saturated rings. The molecule has 1 aliphatic heterocycles. The molecule has 242 valence electrons. The lowest BCUT2D eigenvalue weighted by Crippen LogP contribution is -2.47. The largest absolute Gasteiger partial charge is 0.461 e. The molecule has 0 radical (unpaired) electrons. The highest BCUT2D eigenvalue weighted by molar-refractivity contribution is 6.30. The zero-order valence-electron chi connectivity index (χ0n) is 25.8. The number of H-pyrrole nitrogens is 1. The van der Waals surface area contributed by atoms with Gasteiger partial charge < -0.3 is 25.1 Å². The number of nitrogens with zero attached hydrogens (tertiary/aromatic N) is 5. The lowest BCUT2D eigenvalue weighted by Gasteiger charge is -2.36. The van der Waals surface area contributed by atoms with E-state index in [0.29, 0.717) is 52.9 Å². The Kier molecular flexibility index (Phi) is 10.3. The molecule has 46 heavy (non-hydrogen) atoms. The maximum atomic E-state index is 13.3. The third kappa shape index (κ3) is 7.51.